The number of amides is 1. The molecule has 6 nitrogen and oxygen atoms in total. The van der Waals surface area contributed by atoms with Crippen LogP contribution in [-0.4, -0.2) is 31.7 Å². The van der Waals surface area contributed by atoms with Gasteiger partial charge in [-0.2, -0.15) is 0 Å². The van der Waals surface area contributed by atoms with E-state index in [-0.39, 0.29) is 11.7 Å². The highest BCUT2D eigenvalue weighted by Gasteiger charge is 2.11. The molecule has 0 bridgehead atoms. The van der Waals surface area contributed by atoms with Crippen molar-refractivity contribution in [2.75, 3.05) is 31.4 Å². The van der Waals surface area contributed by atoms with Crippen molar-refractivity contribution in [1.29, 1.82) is 0 Å². The predicted octanol–water partition coefficient (Wildman–Crippen LogP) is 4.14. The third-order valence-electron chi connectivity index (χ3n) is 4.31. The summed E-state index contributed by atoms with van der Waals surface area (Å²) in [5, 5.41) is 6.01. The normalized spacial score (nSPS) is 10.3. The molecule has 3 rings (SSSR count). The molecule has 0 saturated carbocycles. The number of hydrogen-bond donors (Lipinski definition) is 2. The molecular formula is C22H22FN3O3. The summed E-state index contributed by atoms with van der Waals surface area (Å²) in [4.78, 5) is 16.9. The van der Waals surface area contributed by atoms with Crippen LogP contribution in [0.2, 0.25) is 0 Å². The van der Waals surface area contributed by atoms with Gasteiger partial charge in [0.2, 0.25) is 0 Å². The fourth-order valence-electron chi connectivity index (χ4n) is 2.75. The van der Waals surface area contributed by atoms with E-state index >= 15 is 0 Å². The van der Waals surface area contributed by atoms with Crippen LogP contribution in [0, 0.1) is 5.82 Å². The number of pyridine rings is 1. The summed E-state index contributed by atoms with van der Waals surface area (Å²) in [5.74, 6) is 1.19. The van der Waals surface area contributed by atoms with Crippen molar-refractivity contribution < 1.29 is 18.7 Å². The van der Waals surface area contributed by atoms with E-state index in [9.17, 15) is 9.18 Å². The monoisotopic (exact) mass is 395 g/mol. The van der Waals surface area contributed by atoms with Crippen molar-refractivity contribution in [2.24, 2.45) is 0 Å². The zero-order chi connectivity index (χ0) is 20.6. The van der Waals surface area contributed by atoms with Crippen LogP contribution in [0.15, 0.2) is 60.8 Å². The number of anilines is 2. The van der Waals surface area contributed by atoms with Gasteiger partial charge in [0.15, 0.2) is 0 Å². The zero-order valence-electron chi connectivity index (χ0n) is 16.2. The summed E-state index contributed by atoms with van der Waals surface area (Å²) in [5.41, 5.74) is 2.02. The average molecular weight is 395 g/mol. The Balaban J connectivity index is 1.62. The molecule has 2 N–H and O–H groups in total. The smallest absolute Gasteiger partial charge is 0.255 e. The molecule has 7 heteroatoms. The molecule has 1 heterocycles. The zero-order valence-corrected chi connectivity index (χ0v) is 16.2. The largest absolute Gasteiger partial charge is 0.497 e. The second kappa shape index (κ2) is 9.54. The highest BCUT2D eigenvalue weighted by atomic mass is 19.1. The minimum atomic E-state index is -0.280. The molecule has 0 fully saturated rings. The molecule has 0 unspecified atom stereocenters. The van der Waals surface area contributed by atoms with E-state index in [1.165, 1.54) is 19.2 Å². The lowest BCUT2D eigenvalue weighted by Gasteiger charge is -2.12. The Labute approximate surface area is 168 Å². The Hall–Kier alpha value is -3.61. The van der Waals surface area contributed by atoms with Crippen LogP contribution in [0.5, 0.6) is 11.5 Å². The Morgan fingerprint density at radius 3 is 2.55 bits per heavy atom. The van der Waals surface area contributed by atoms with Gasteiger partial charge in [-0.1, -0.05) is 12.1 Å². The molecule has 1 aromatic heterocycles. The molecule has 0 atom stereocenters. The van der Waals surface area contributed by atoms with Gasteiger partial charge in [-0.3, -0.25) is 4.79 Å². The van der Waals surface area contributed by atoms with Gasteiger partial charge >= 0.3 is 0 Å². The molecule has 2 aromatic carbocycles. The minimum Gasteiger partial charge on any atom is -0.497 e. The second-order valence-electron chi connectivity index (χ2n) is 6.25. The first-order valence-electron chi connectivity index (χ1n) is 9.07. The van der Waals surface area contributed by atoms with E-state index < -0.39 is 0 Å². The fraction of sp³-hybridized carbons (Fsp3) is 0.182. The summed E-state index contributed by atoms with van der Waals surface area (Å²) in [6, 6.07) is 14.8. The first kappa shape index (κ1) is 20.1. The molecule has 0 aliphatic rings. The molecular weight excluding hydrogens is 373 g/mol. The van der Waals surface area contributed by atoms with Crippen LogP contribution in [0.3, 0.4) is 0 Å². The van der Waals surface area contributed by atoms with E-state index in [2.05, 4.69) is 15.6 Å². The molecule has 0 aliphatic heterocycles. The van der Waals surface area contributed by atoms with Crippen LogP contribution in [0.1, 0.15) is 15.9 Å². The van der Waals surface area contributed by atoms with E-state index in [4.69, 9.17) is 9.47 Å². The first-order valence-corrected chi connectivity index (χ1v) is 9.07. The maximum Gasteiger partial charge on any atom is 0.255 e. The average Bonchev–Trinajstić information content (AvgIpc) is 2.75. The van der Waals surface area contributed by atoms with Crippen LogP contribution in [-0.2, 0) is 6.42 Å². The van der Waals surface area contributed by atoms with Gasteiger partial charge in [-0.25, -0.2) is 9.37 Å². The number of ether oxygens (including phenoxy) is 2. The topological polar surface area (TPSA) is 72.5 Å². The number of halogens is 1. The summed E-state index contributed by atoms with van der Waals surface area (Å²) in [7, 11) is 3.09. The summed E-state index contributed by atoms with van der Waals surface area (Å²) >= 11 is 0. The first-order chi connectivity index (χ1) is 14.1. The Morgan fingerprint density at radius 2 is 1.83 bits per heavy atom. The minimum absolute atomic E-state index is 0.254. The van der Waals surface area contributed by atoms with Gasteiger partial charge in [-0.15, -0.1) is 0 Å². The molecule has 3 aromatic rings. The Morgan fingerprint density at radius 1 is 1.03 bits per heavy atom. The summed E-state index contributed by atoms with van der Waals surface area (Å²) < 4.78 is 23.4. The van der Waals surface area contributed by atoms with E-state index in [0.717, 1.165) is 5.56 Å². The van der Waals surface area contributed by atoms with Gasteiger partial charge in [0.25, 0.3) is 5.91 Å². The molecule has 0 spiro atoms. The molecule has 0 radical (unpaired) electrons. The second-order valence-corrected chi connectivity index (χ2v) is 6.25. The highest BCUT2D eigenvalue weighted by Crippen LogP contribution is 2.29. The van der Waals surface area contributed by atoms with E-state index in [1.54, 1.807) is 55.8 Å². The van der Waals surface area contributed by atoms with Crippen LogP contribution < -0.4 is 20.1 Å². The third-order valence-corrected chi connectivity index (χ3v) is 4.31. The molecule has 150 valence electrons. The predicted molar refractivity (Wildman–Crippen MR) is 110 cm³/mol. The molecule has 1 amide bonds. The van der Waals surface area contributed by atoms with Crippen molar-refractivity contribution in [3.63, 3.8) is 0 Å². The Kier molecular flexibility index (Phi) is 6.63. The number of aromatic nitrogens is 1. The highest BCUT2D eigenvalue weighted by molar-refractivity contribution is 6.05. The fourth-order valence-corrected chi connectivity index (χ4v) is 2.75. The van der Waals surface area contributed by atoms with Gasteiger partial charge in [-0.05, 0) is 48.4 Å². The number of hydrogen-bond acceptors (Lipinski definition) is 5. The standard InChI is InChI=1S/C22H22FN3O3/c1-28-18-7-8-19(20(14-18)29-2)26-22(27)16-10-12-25-21(13-16)24-11-9-15-3-5-17(23)6-4-15/h3-8,10,12-14H,9,11H2,1-2H3,(H,24,25)(H,26,27). The number of nitrogens with one attached hydrogen (secondary N) is 2. The summed E-state index contributed by atoms with van der Waals surface area (Å²) in [6.45, 7) is 0.607. The molecule has 0 aliphatic carbocycles. The Bertz CT molecular complexity index is 977. The maximum atomic E-state index is 13.0. The number of carbonyl (C=O) groups is 1. The van der Waals surface area contributed by atoms with E-state index in [0.29, 0.717) is 41.5 Å². The number of carbonyl (C=O) groups excluding carboxylic acids is 1. The van der Waals surface area contributed by atoms with Crippen molar-refractivity contribution in [2.45, 2.75) is 6.42 Å². The SMILES string of the molecule is COc1ccc(NC(=O)c2ccnc(NCCc3ccc(F)cc3)c2)c(OC)c1. The van der Waals surface area contributed by atoms with E-state index in [1.807, 2.05) is 0 Å². The lowest BCUT2D eigenvalue weighted by atomic mass is 10.1. The molecule has 29 heavy (non-hydrogen) atoms. The number of benzene rings is 2. The van der Waals surface area contributed by atoms with Gasteiger partial charge in [0, 0.05) is 24.4 Å². The number of methoxy groups -OCH3 is 2. The van der Waals surface area contributed by atoms with Crippen LogP contribution >= 0.6 is 0 Å². The third kappa shape index (κ3) is 5.44. The maximum absolute atomic E-state index is 13.0. The lowest BCUT2D eigenvalue weighted by molar-refractivity contribution is 0.102. The van der Waals surface area contributed by atoms with Gasteiger partial charge in [0.05, 0.1) is 19.9 Å². The molecule has 0 saturated heterocycles. The number of rotatable bonds is 8. The quantitative estimate of drug-likeness (QED) is 0.600. The number of nitrogens with zero attached hydrogens (tertiary/aromatic N) is 1. The lowest BCUT2D eigenvalue weighted by Crippen LogP contribution is -2.14. The van der Waals surface area contributed by atoms with Crippen molar-refractivity contribution in [3.8, 4) is 11.5 Å². The summed E-state index contributed by atoms with van der Waals surface area (Å²) in [6.07, 6.45) is 2.28. The van der Waals surface area contributed by atoms with Crippen LogP contribution in [0.4, 0.5) is 15.9 Å². The van der Waals surface area contributed by atoms with Crippen molar-refractivity contribution >= 4 is 17.4 Å². The van der Waals surface area contributed by atoms with Gasteiger partial charge < -0.3 is 20.1 Å². The van der Waals surface area contributed by atoms with Crippen molar-refractivity contribution in [3.05, 3.63) is 77.7 Å². The van der Waals surface area contributed by atoms with Gasteiger partial charge in [0.1, 0.15) is 23.1 Å². The van der Waals surface area contributed by atoms with Crippen molar-refractivity contribution in [1.82, 2.24) is 4.98 Å². The van der Waals surface area contributed by atoms with Crippen LogP contribution in [0.25, 0.3) is 0 Å².